The quantitative estimate of drug-likeness (QED) is 0.746. The molecule has 0 radical (unpaired) electrons. The van der Waals surface area contributed by atoms with Gasteiger partial charge in [0.2, 0.25) is 0 Å². The summed E-state index contributed by atoms with van der Waals surface area (Å²) in [5.41, 5.74) is 4.58. The van der Waals surface area contributed by atoms with Gasteiger partial charge in [-0.1, -0.05) is 18.2 Å². The van der Waals surface area contributed by atoms with E-state index in [1.54, 1.807) is 0 Å². The van der Waals surface area contributed by atoms with E-state index in [0.29, 0.717) is 10.7 Å². The summed E-state index contributed by atoms with van der Waals surface area (Å²) >= 11 is 1.41. The Kier molecular flexibility index (Phi) is 3.90. The zero-order valence-corrected chi connectivity index (χ0v) is 15.2. The monoisotopic (exact) mass is 376 g/mol. The molecule has 0 spiro atoms. The summed E-state index contributed by atoms with van der Waals surface area (Å²) in [7, 11) is 0. The van der Waals surface area contributed by atoms with E-state index in [9.17, 15) is 4.79 Å². The van der Waals surface area contributed by atoms with E-state index in [1.165, 1.54) is 16.9 Å². The highest BCUT2D eigenvalue weighted by Crippen LogP contribution is 2.32. The van der Waals surface area contributed by atoms with Gasteiger partial charge in [-0.3, -0.25) is 10.1 Å². The Hall–Kier alpha value is -3.12. The normalized spacial score (nSPS) is 14.4. The largest absolute Gasteiger partial charge is 0.493 e. The summed E-state index contributed by atoms with van der Waals surface area (Å²) in [6, 6.07) is 13.8. The topological polar surface area (TPSA) is 60.5 Å². The molecule has 6 heteroatoms. The van der Waals surface area contributed by atoms with Gasteiger partial charge in [0.15, 0.2) is 5.13 Å². The third-order valence-corrected chi connectivity index (χ3v) is 5.39. The first-order valence-electron chi connectivity index (χ1n) is 8.72. The molecule has 2 aromatic carbocycles. The van der Waals surface area contributed by atoms with Crippen molar-refractivity contribution in [3.63, 3.8) is 0 Å². The molecule has 0 aliphatic carbocycles. The molecule has 2 aliphatic rings. The number of para-hydroxylation sites is 1. The first-order chi connectivity index (χ1) is 13.3. The minimum atomic E-state index is -0.187. The lowest BCUT2D eigenvalue weighted by Gasteiger charge is -2.16. The number of benzene rings is 2. The molecule has 5 nitrogen and oxygen atoms in total. The van der Waals surface area contributed by atoms with Gasteiger partial charge in [-0.05, 0) is 35.9 Å². The second-order valence-electron chi connectivity index (χ2n) is 6.41. The summed E-state index contributed by atoms with van der Waals surface area (Å²) < 4.78 is 11.2. The number of carbonyl (C=O) groups is 1. The summed E-state index contributed by atoms with van der Waals surface area (Å²) in [4.78, 5) is 17.1. The first kappa shape index (κ1) is 16.1. The number of amides is 1. The first-order valence-corrected chi connectivity index (χ1v) is 9.59. The van der Waals surface area contributed by atoms with Crippen LogP contribution in [0.15, 0.2) is 53.4 Å². The highest BCUT2D eigenvalue weighted by atomic mass is 32.1. The van der Waals surface area contributed by atoms with Crippen LogP contribution in [0.4, 0.5) is 5.13 Å². The molecule has 0 bridgehead atoms. The van der Waals surface area contributed by atoms with Crippen LogP contribution in [0.3, 0.4) is 0 Å². The predicted molar refractivity (Wildman–Crippen MR) is 105 cm³/mol. The number of thiazole rings is 1. The number of ether oxygens (including phenoxy) is 2. The fourth-order valence-corrected chi connectivity index (χ4v) is 3.95. The molecule has 5 rings (SSSR count). The van der Waals surface area contributed by atoms with Crippen molar-refractivity contribution in [1.29, 1.82) is 0 Å². The number of fused-ring (bicyclic) bond motifs is 2. The van der Waals surface area contributed by atoms with Gasteiger partial charge >= 0.3 is 0 Å². The van der Waals surface area contributed by atoms with Crippen LogP contribution >= 0.6 is 11.3 Å². The third-order valence-electron chi connectivity index (χ3n) is 4.63. The van der Waals surface area contributed by atoms with Crippen LogP contribution in [0.2, 0.25) is 0 Å². The molecule has 0 saturated carbocycles. The Bertz CT molecular complexity index is 1070. The van der Waals surface area contributed by atoms with Crippen LogP contribution in [0, 0.1) is 0 Å². The Labute approximate surface area is 160 Å². The van der Waals surface area contributed by atoms with E-state index in [4.69, 9.17) is 9.47 Å². The van der Waals surface area contributed by atoms with Crippen molar-refractivity contribution >= 4 is 28.5 Å². The molecule has 2 aliphatic heterocycles. The molecule has 3 heterocycles. The molecule has 3 aromatic rings. The highest BCUT2D eigenvalue weighted by molar-refractivity contribution is 7.14. The smallest absolute Gasteiger partial charge is 0.256 e. The van der Waals surface area contributed by atoms with Crippen LogP contribution in [0.5, 0.6) is 11.5 Å². The van der Waals surface area contributed by atoms with E-state index in [-0.39, 0.29) is 12.5 Å². The predicted octanol–water partition coefficient (Wildman–Crippen LogP) is 4.16. The fraction of sp³-hybridized carbons (Fsp3) is 0.143. The Morgan fingerprint density at radius 1 is 1.11 bits per heavy atom. The van der Waals surface area contributed by atoms with Gasteiger partial charge in [-0.15, -0.1) is 11.3 Å². The lowest BCUT2D eigenvalue weighted by Crippen LogP contribution is -2.21. The molecule has 134 valence electrons. The van der Waals surface area contributed by atoms with Crippen LogP contribution in [0.25, 0.3) is 17.3 Å². The Morgan fingerprint density at radius 3 is 3.00 bits per heavy atom. The summed E-state index contributed by atoms with van der Waals surface area (Å²) in [6.45, 7) is 0.989. The molecule has 27 heavy (non-hydrogen) atoms. The average Bonchev–Trinajstić information content (AvgIpc) is 3.36. The molecule has 1 amide bonds. The van der Waals surface area contributed by atoms with Crippen LogP contribution in [-0.2, 0) is 11.2 Å². The number of anilines is 1. The molecule has 0 unspecified atom stereocenters. The van der Waals surface area contributed by atoms with E-state index < -0.39 is 0 Å². The molecule has 1 aromatic heterocycles. The second kappa shape index (κ2) is 6.55. The van der Waals surface area contributed by atoms with Crippen molar-refractivity contribution in [3.05, 3.63) is 64.5 Å². The van der Waals surface area contributed by atoms with Gasteiger partial charge < -0.3 is 9.47 Å². The van der Waals surface area contributed by atoms with Gasteiger partial charge in [0.25, 0.3) is 5.91 Å². The average molecular weight is 376 g/mol. The van der Waals surface area contributed by atoms with Gasteiger partial charge in [0.05, 0.1) is 17.9 Å². The second-order valence-corrected chi connectivity index (χ2v) is 7.27. The minimum absolute atomic E-state index is 0.187. The molecule has 0 saturated heterocycles. The maximum atomic E-state index is 12.6. The van der Waals surface area contributed by atoms with Crippen molar-refractivity contribution in [2.75, 3.05) is 18.5 Å². The number of aromatic nitrogens is 1. The number of rotatable bonds is 3. The maximum Gasteiger partial charge on any atom is 0.256 e. The van der Waals surface area contributed by atoms with Crippen molar-refractivity contribution in [2.45, 2.75) is 6.42 Å². The maximum absolute atomic E-state index is 12.6. The fourth-order valence-electron chi connectivity index (χ4n) is 3.23. The van der Waals surface area contributed by atoms with Gasteiger partial charge in [0.1, 0.15) is 18.1 Å². The molecule has 0 fully saturated rings. The van der Waals surface area contributed by atoms with Gasteiger partial charge in [-0.25, -0.2) is 4.98 Å². The molecular formula is C21H16N2O3S. The van der Waals surface area contributed by atoms with E-state index >= 15 is 0 Å². The van der Waals surface area contributed by atoms with Crippen molar-refractivity contribution < 1.29 is 14.3 Å². The van der Waals surface area contributed by atoms with Crippen molar-refractivity contribution in [2.24, 2.45) is 0 Å². The number of nitrogens with one attached hydrogen (secondary N) is 1. The van der Waals surface area contributed by atoms with Gasteiger partial charge in [0, 0.05) is 22.9 Å². The van der Waals surface area contributed by atoms with Crippen LogP contribution in [-0.4, -0.2) is 24.1 Å². The minimum Gasteiger partial charge on any atom is -0.493 e. The number of hydrogen-bond donors (Lipinski definition) is 1. The third kappa shape index (κ3) is 3.08. The summed E-state index contributed by atoms with van der Waals surface area (Å²) in [5.74, 6) is 1.56. The zero-order valence-electron chi connectivity index (χ0n) is 14.4. The van der Waals surface area contributed by atoms with E-state index in [2.05, 4.69) is 16.4 Å². The highest BCUT2D eigenvalue weighted by Gasteiger charge is 2.19. The number of nitrogens with zero attached hydrogens (tertiary/aromatic N) is 1. The zero-order chi connectivity index (χ0) is 18.2. The molecule has 1 N–H and O–H groups in total. The lowest BCUT2D eigenvalue weighted by atomic mass is 10.1. The Morgan fingerprint density at radius 2 is 2.04 bits per heavy atom. The lowest BCUT2D eigenvalue weighted by molar-refractivity contribution is -0.113. The van der Waals surface area contributed by atoms with Crippen LogP contribution in [0.1, 0.15) is 11.1 Å². The molecular weight excluding hydrogens is 360 g/mol. The summed E-state index contributed by atoms with van der Waals surface area (Å²) in [6.07, 6.45) is 2.79. The Balaban J connectivity index is 1.34. The number of hydrogen-bond acceptors (Lipinski definition) is 5. The SMILES string of the molecule is O=C(Nc1nc(-c2ccc3c(c2)CCO3)cs1)C1=Cc2ccccc2OC1. The summed E-state index contributed by atoms with van der Waals surface area (Å²) in [5, 5.41) is 5.41. The number of carbonyl (C=O) groups excluding carboxylic acids is 1. The standard InChI is InChI=1S/C21H16N2O3S/c24-20(16-10-14-3-1-2-4-18(14)26-11-16)23-21-22-17(12-27-21)13-5-6-19-15(9-13)7-8-25-19/h1-6,9-10,12H,7-8,11H2,(H,22,23,24). The van der Waals surface area contributed by atoms with E-state index in [0.717, 1.165) is 41.3 Å². The van der Waals surface area contributed by atoms with Crippen molar-refractivity contribution in [3.8, 4) is 22.8 Å². The van der Waals surface area contributed by atoms with Gasteiger partial charge in [-0.2, -0.15) is 0 Å². The van der Waals surface area contributed by atoms with E-state index in [1.807, 2.05) is 47.9 Å². The van der Waals surface area contributed by atoms with Crippen LogP contribution < -0.4 is 14.8 Å². The molecule has 0 atom stereocenters. The van der Waals surface area contributed by atoms with Crippen molar-refractivity contribution in [1.82, 2.24) is 4.98 Å².